The number of pyridine rings is 2. The van der Waals surface area contributed by atoms with E-state index in [4.69, 9.17) is 21.7 Å². The van der Waals surface area contributed by atoms with Crippen LogP contribution in [0.4, 0.5) is 5.69 Å². The molecule has 0 spiro atoms. The summed E-state index contributed by atoms with van der Waals surface area (Å²) in [4.78, 5) is 17.9. The minimum absolute atomic E-state index is 0.0709. The van der Waals surface area contributed by atoms with Crippen LogP contribution in [0.1, 0.15) is 12.8 Å². The number of aromatic nitrogens is 2. The molecule has 1 fully saturated rings. The third-order valence-corrected chi connectivity index (χ3v) is 4.71. The topological polar surface area (TPSA) is 68.6 Å². The van der Waals surface area contributed by atoms with Crippen LogP contribution in [0.5, 0.6) is 11.8 Å². The van der Waals surface area contributed by atoms with E-state index >= 15 is 0 Å². The number of thiocarbonyl (C=S) groups is 1. The first-order chi connectivity index (χ1) is 12.6. The number of hydrogen-bond acceptors (Lipinski definition) is 5. The Bertz CT molecular complexity index is 814. The molecule has 2 aromatic heterocycles. The van der Waals surface area contributed by atoms with E-state index in [2.05, 4.69) is 15.2 Å². The van der Waals surface area contributed by atoms with E-state index in [1.54, 1.807) is 32.5 Å². The van der Waals surface area contributed by atoms with Gasteiger partial charge >= 0.3 is 0 Å². The van der Waals surface area contributed by atoms with E-state index < -0.39 is 0 Å². The Morgan fingerprint density at radius 3 is 2.69 bits per heavy atom. The molecule has 26 heavy (non-hydrogen) atoms. The van der Waals surface area contributed by atoms with E-state index in [9.17, 15) is 4.79 Å². The lowest BCUT2D eigenvalue weighted by Gasteiger charge is -2.34. The number of ether oxygens (including phenoxy) is 2. The van der Waals surface area contributed by atoms with Crippen molar-refractivity contribution in [1.82, 2.24) is 14.5 Å². The molecule has 0 saturated carbocycles. The van der Waals surface area contributed by atoms with Gasteiger partial charge in [0, 0.05) is 45.1 Å². The maximum Gasteiger partial charge on any atom is 0.253 e. The van der Waals surface area contributed by atoms with Gasteiger partial charge in [-0.15, -0.1) is 0 Å². The molecular formula is C18H22N4O3S. The van der Waals surface area contributed by atoms with Crippen LogP contribution < -0.4 is 20.3 Å². The van der Waals surface area contributed by atoms with Gasteiger partial charge in [0.15, 0.2) is 11.0 Å². The van der Waals surface area contributed by atoms with Crippen LogP contribution in [0.2, 0.25) is 0 Å². The van der Waals surface area contributed by atoms with Gasteiger partial charge in [-0.3, -0.25) is 9.36 Å². The van der Waals surface area contributed by atoms with Crippen LogP contribution in [-0.2, 0) is 7.05 Å². The normalized spacial score (nSPS) is 14.8. The van der Waals surface area contributed by atoms with Crippen molar-refractivity contribution in [3.63, 3.8) is 0 Å². The molecule has 7 nitrogen and oxygen atoms in total. The Balaban J connectivity index is 1.51. The number of likely N-dealkylation sites (tertiary alicyclic amines) is 1. The van der Waals surface area contributed by atoms with Crippen LogP contribution >= 0.6 is 12.2 Å². The quantitative estimate of drug-likeness (QED) is 0.821. The zero-order valence-corrected chi connectivity index (χ0v) is 15.7. The molecule has 1 N–H and O–H groups in total. The monoisotopic (exact) mass is 374 g/mol. The predicted molar refractivity (Wildman–Crippen MR) is 104 cm³/mol. The number of methoxy groups -OCH3 is 1. The summed E-state index contributed by atoms with van der Waals surface area (Å²) in [5, 5.41) is 3.87. The van der Waals surface area contributed by atoms with Crippen molar-refractivity contribution in [3.8, 4) is 11.8 Å². The molecule has 0 aromatic carbocycles. The van der Waals surface area contributed by atoms with Gasteiger partial charge in [-0.25, -0.2) is 4.98 Å². The number of nitrogens with one attached hydrogen (secondary N) is 1. The van der Waals surface area contributed by atoms with E-state index in [0.29, 0.717) is 16.9 Å². The molecule has 0 radical (unpaired) electrons. The second-order valence-electron chi connectivity index (χ2n) is 6.08. The van der Waals surface area contributed by atoms with E-state index in [0.717, 1.165) is 31.6 Å². The third kappa shape index (κ3) is 4.32. The predicted octanol–water partition coefficient (Wildman–Crippen LogP) is 2.03. The molecule has 1 aliphatic rings. The number of nitrogens with zero attached hydrogens (tertiary/aromatic N) is 3. The van der Waals surface area contributed by atoms with Gasteiger partial charge in [0.05, 0.1) is 19.0 Å². The summed E-state index contributed by atoms with van der Waals surface area (Å²) in [7, 11) is 3.30. The molecule has 2 aromatic rings. The SMILES string of the molecule is COc1ccc(NC(=S)N2CCC(Oc3cccc(=O)n3C)CC2)cn1. The number of rotatable bonds is 4. The second kappa shape index (κ2) is 8.18. The molecule has 0 atom stereocenters. The van der Waals surface area contributed by atoms with Crippen molar-refractivity contribution in [2.45, 2.75) is 18.9 Å². The molecular weight excluding hydrogens is 352 g/mol. The zero-order valence-electron chi connectivity index (χ0n) is 14.8. The Morgan fingerprint density at radius 1 is 1.27 bits per heavy atom. The lowest BCUT2D eigenvalue weighted by Crippen LogP contribution is -2.43. The van der Waals surface area contributed by atoms with Gasteiger partial charge in [0.1, 0.15) is 6.10 Å². The highest BCUT2D eigenvalue weighted by molar-refractivity contribution is 7.80. The first-order valence-corrected chi connectivity index (χ1v) is 8.86. The Hall–Kier alpha value is -2.61. The summed E-state index contributed by atoms with van der Waals surface area (Å²) < 4.78 is 12.6. The standard InChI is InChI=1S/C18H22N4O3S/c1-21-16(23)4-3-5-17(21)25-14-8-10-22(11-9-14)18(26)20-13-6-7-15(24-2)19-12-13/h3-7,12,14H,8-11H2,1-2H3,(H,20,26). The smallest absolute Gasteiger partial charge is 0.253 e. The zero-order chi connectivity index (χ0) is 18.5. The summed E-state index contributed by atoms with van der Waals surface area (Å²) in [6.45, 7) is 1.59. The van der Waals surface area contributed by atoms with Gasteiger partial charge in [0.2, 0.25) is 5.88 Å². The lowest BCUT2D eigenvalue weighted by molar-refractivity contribution is 0.122. The molecule has 3 heterocycles. The van der Waals surface area contributed by atoms with Gasteiger partial charge < -0.3 is 19.7 Å². The van der Waals surface area contributed by atoms with Gasteiger partial charge in [-0.1, -0.05) is 6.07 Å². The fourth-order valence-corrected chi connectivity index (χ4v) is 3.09. The van der Waals surface area contributed by atoms with Crippen LogP contribution in [0.3, 0.4) is 0 Å². The minimum atomic E-state index is -0.0709. The van der Waals surface area contributed by atoms with Crippen LogP contribution in [0, 0.1) is 0 Å². The van der Waals surface area contributed by atoms with Crippen LogP contribution in [-0.4, -0.2) is 45.9 Å². The van der Waals surface area contributed by atoms with E-state index in [1.165, 1.54) is 10.6 Å². The Labute approximate surface area is 157 Å². The molecule has 1 aliphatic heterocycles. The van der Waals surface area contributed by atoms with Crippen molar-refractivity contribution < 1.29 is 9.47 Å². The third-order valence-electron chi connectivity index (χ3n) is 4.35. The summed E-state index contributed by atoms with van der Waals surface area (Å²) in [6, 6.07) is 8.72. The van der Waals surface area contributed by atoms with Gasteiger partial charge in [-0.05, 0) is 24.4 Å². The minimum Gasteiger partial charge on any atom is -0.481 e. The molecule has 138 valence electrons. The molecule has 0 unspecified atom stereocenters. The summed E-state index contributed by atoms with van der Waals surface area (Å²) in [5.74, 6) is 1.16. The van der Waals surface area contributed by atoms with E-state index in [1.807, 2.05) is 12.1 Å². The summed E-state index contributed by atoms with van der Waals surface area (Å²) in [5.41, 5.74) is 0.756. The fraction of sp³-hybridized carbons (Fsp3) is 0.389. The highest BCUT2D eigenvalue weighted by atomic mass is 32.1. The lowest BCUT2D eigenvalue weighted by atomic mass is 10.1. The first-order valence-electron chi connectivity index (χ1n) is 8.45. The first kappa shape index (κ1) is 18.2. The van der Waals surface area contributed by atoms with Crippen molar-refractivity contribution in [3.05, 3.63) is 46.9 Å². The van der Waals surface area contributed by atoms with Gasteiger partial charge in [-0.2, -0.15) is 0 Å². The second-order valence-corrected chi connectivity index (χ2v) is 6.47. The van der Waals surface area contributed by atoms with Crippen LogP contribution in [0.15, 0.2) is 41.3 Å². The van der Waals surface area contributed by atoms with E-state index in [-0.39, 0.29) is 11.7 Å². The maximum atomic E-state index is 11.7. The van der Waals surface area contributed by atoms with Crippen molar-refractivity contribution >= 4 is 23.0 Å². The Kier molecular flexibility index (Phi) is 5.72. The summed E-state index contributed by atoms with van der Waals surface area (Å²) >= 11 is 5.49. The highest BCUT2D eigenvalue weighted by Gasteiger charge is 2.23. The maximum absolute atomic E-state index is 11.7. The molecule has 1 saturated heterocycles. The van der Waals surface area contributed by atoms with Crippen molar-refractivity contribution in [1.29, 1.82) is 0 Å². The molecule has 0 bridgehead atoms. The van der Waals surface area contributed by atoms with Crippen molar-refractivity contribution in [2.24, 2.45) is 7.05 Å². The summed E-state index contributed by atoms with van der Waals surface area (Å²) in [6.07, 6.45) is 3.44. The highest BCUT2D eigenvalue weighted by Crippen LogP contribution is 2.19. The fourth-order valence-electron chi connectivity index (χ4n) is 2.79. The number of hydrogen-bond donors (Lipinski definition) is 1. The average Bonchev–Trinajstić information content (AvgIpc) is 2.66. The average molecular weight is 374 g/mol. The van der Waals surface area contributed by atoms with Crippen LogP contribution in [0.25, 0.3) is 0 Å². The molecule has 3 rings (SSSR count). The molecule has 0 amide bonds. The molecule has 8 heteroatoms. The number of anilines is 1. The van der Waals surface area contributed by atoms with Crippen molar-refractivity contribution in [2.75, 3.05) is 25.5 Å². The van der Waals surface area contributed by atoms with Gasteiger partial charge in [0.25, 0.3) is 5.56 Å². The largest absolute Gasteiger partial charge is 0.481 e. The molecule has 0 aliphatic carbocycles. The number of piperidine rings is 1. The Morgan fingerprint density at radius 2 is 2.04 bits per heavy atom.